The van der Waals surface area contributed by atoms with Crippen LogP contribution in [-0.4, -0.2) is 29.1 Å². The van der Waals surface area contributed by atoms with Crippen LogP contribution in [-0.2, 0) is 0 Å². The number of benzene rings is 2. The molecule has 0 unspecified atom stereocenters. The summed E-state index contributed by atoms with van der Waals surface area (Å²) in [4.78, 5) is 24.5. The molecule has 0 heterocycles. The average Bonchev–Trinajstić information content (AvgIpc) is 2.55. The van der Waals surface area contributed by atoms with Gasteiger partial charge in [-0.3, -0.25) is 4.79 Å². The van der Waals surface area contributed by atoms with E-state index in [0.717, 1.165) is 6.07 Å². The number of para-hydroxylation sites is 1. The Hall–Kier alpha value is -2.82. The lowest BCUT2D eigenvalue weighted by molar-refractivity contribution is 0.0693. The molecular weight excluding hydrogens is 282 g/mol. The lowest BCUT2D eigenvalue weighted by Gasteiger charge is -2.17. The van der Waals surface area contributed by atoms with E-state index in [9.17, 15) is 14.7 Å². The Morgan fingerprint density at radius 1 is 1.00 bits per heavy atom. The minimum atomic E-state index is -1.24. The summed E-state index contributed by atoms with van der Waals surface area (Å²) in [5.41, 5.74) is 0.696. The van der Waals surface area contributed by atoms with E-state index in [0.29, 0.717) is 5.69 Å². The minimum Gasteiger partial charge on any atom is -0.507 e. The zero-order valence-electron chi connectivity index (χ0n) is 12.8. The Balaban J connectivity index is 0.00000116. The van der Waals surface area contributed by atoms with Crippen LogP contribution in [0.1, 0.15) is 34.6 Å². The Bertz CT molecular complexity index is 653. The van der Waals surface area contributed by atoms with Crippen molar-refractivity contribution in [2.75, 3.05) is 11.9 Å². The largest absolute Gasteiger partial charge is 0.507 e. The summed E-state index contributed by atoms with van der Waals surface area (Å²) in [6, 6.07) is 12.8. The fraction of sp³-hybridized carbons (Fsp3) is 0.176. The third kappa shape index (κ3) is 3.85. The third-order valence-corrected chi connectivity index (χ3v) is 2.92. The van der Waals surface area contributed by atoms with Gasteiger partial charge in [-0.2, -0.15) is 0 Å². The number of aromatic hydroxyl groups is 1. The quantitative estimate of drug-likeness (QED) is 0.911. The van der Waals surface area contributed by atoms with Crippen molar-refractivity contribution in [1.82, 2.24) is 0 Å². The molecule has 0 saturated heterocycles. The molecule has 0 aliphatic carbocycles. The normalized spacial score (nSPS) is 9.41. The predicted octanol–water partition coefficient (Wildman–Crippen LogP) is 3.39. The molecule has 0 aromatic heterocycles. The van der Waals surface area contributed by atoms with Gasteiger partial charge in [0.25, 0.3) is 5.91 Å². The molecule has 0 bridgehead atoms. The van der Waals surface area contributed by atoms with Gasteiger partial charge in [0.15, 0.2) is 0 Å². The van der Waals surface area contributed by atoms with E-state index in [1.54, 1.807) is 19.2 Å². The van der Waals surface area contributed by atoms with Crippen LogP contribution in [0.3, 0.4) is 0 Å². The van der Waals surface area contributed by atoms with Crippen molar-refractivity contribution in [3.63, 3.8) is 0 Å². The number of hydrogen-bond donors (Lipinski definition) is 2. The Morgan fingerprint density at radius 2 is 1.59 bits per heavy atom. The van der Waals surface area contributed by atoms with Crippen LogP contribution in [0.15, 0.2) is 48.5 Å². The second-order valence-corrected chi connectivity index (χ2v) is 4.24. The number of nitrogens with zero attached hydrogens (tertiary/aromatic N) is 1. The van der Waals surface area contributed by atoms with Crippen molar-refractivity contribution >= 4 is 17.6 Å². The molecule has 2 aromatic rings. The monoisotopic (exact) mass is 301 g/mol. The summed E-state index contributed by atoms with van der Waals surface area (Å²) in [5, 5.41) is 18.4. The first-order valence-electron chi connectivity index (χ1n) is 6.90. The van der Waals surface area contributed by atoms with Gasteiger partial charge in [-0.1, -0.05) is 32.0 Å². The molecule has 2 aromatic carbocycles. The van der Waals surface area contributed by atoms with Crippen LogP contribution < -0.4 is 4.90 Å². The van der Waals surface area contributed by atoms with Gasteiger partial charge < -0.3 is 15.1 Å². The highest BCUT2D eigenvalue weighted by atomic mass is 16.4. The number of phenols is 1. The van der Waals surface area contributed by atoms with Crippen molar-refractivity contribution in [2.45, 2.75) is 13.8 Å². The van der Waals surface area contributed by atoms with E-state index >= 15 is 0 Å². The SMILES string of the molecule is CC.CN(C(=O)c1ccc(C(=O)O)c(O)c1)c1ccccc1. The molecule has 2 rings (SSSR count). The number of hydrogen-bond acceptors (Lipinski definition) is 3. The van der Waals surface area contributed by atoms with Gasteiger partial charge in [0, 0.05) is 18.3 Å². The summed E-state index contributed by atoms with van der Waals surface area (Å²) >= 11 is 0. The minimum absolute atomic E-state index is 0.221. The van der Waals surface area contributed by atoms with Gasteiger partial charge in [0.05, 0.1) is 0 Å². The second-order valence-electron chi connectivity index (χ2n) is 4.24. The zero-order valence-corrected chi connectivity index (χ0v) is 12.8. The van der Waals surface area contributed by atoms with E-state index in [2.05, 4.69) is 0 Å². The van der Waals surface area contributed by atoms with Gasteiger partial charge in [0.1, 0.15) is 11.3 Å². The number of carboxylic acids is 1. The van der Waals surface area contributed by atoms with Crippen LogP contribution in [0.5, 0.6) is 5.75 Å². The molecule has 5 heteroatoms. The second kappa shape index (κ2) is 7.83. The van der Waals surface area contributed by atoms with Gasteiger partial charge in [-0.25, -0.2) is 4.79 Å². The van der Waals surface area contributed by atoms with E-state index in [-0.39, 0.29) is 17.0 Å². The molecule has 0 aliphatic rings. The zero-order chi connectivity index (χ0) is 16.7. The number of amides is 1. The first-order chi connectivity index (χ1) is 10.5. The highest BCUT2D eigenvalue weighted by molar-refractivity contribution is 6.06. The van der Waals surface area contributed by atoms with Crippen molar-refractivity contribution in [2.24, 2.45) is 0 Å². The van der Waals surface area contributed by atoms with E-state index in [1.807, 2.05) is 32.0 Å². The Kier molecular flexibility index (Phi) is 6.13. The number of rotatable bonds is 3. The maximum absolute atomic E-state index is 12.2. The standard InChI is InChI=1S/C15H13NO4.C2H6/c1-16(11-5-3-2-4-6-11)14(18)10-7-8-12(15(19)20)13(17)9-10;1-2/h2-9,17H,1H3,(H,19,20);1-2H3. The summed E-state index contributed by atoms with van der Waals surface area (Å²) in [6.45, 7) is 4.00. The molecule has 116 valence electrons. The van der Waals surface area contributed by atoms with Crippen molar-refractivity contribution < 1.29 is 19.8 Å². The van der Waals surface area contributed by atoms with Gasteiger partial charge in [0.2, 0.25) is 0 Å². The maximum Gasteiger partial charge on any atom is 0.339 e. The Morgan fingerprint density at radius 3 is 2.09 bits per heavy atom. The Labute approximate surface area is 129 Å². The number of anilines is 1. The first-order valence-corrected chi connectivity index (χ1v) is 6.90. The van der Waals surface area contributed by atoms with Crippen molar-refractivity contribution in [3.05, 3.63) is 59.7 Å². The van der Waals surface area contributed by atoms with Gasteiger partial charge in [-0.15, -0.1) is 0 Å². The lowest BCUT2D eigenvalue weighted by Crippen LogP contribution is -2.26. The fourth-order valence-electron chi connectivity index (χ4n) is 1.81. The lowest BCUT2D eigenvalue weighted by atomic mass is 10.1. The highest BCUT2D eigenvalue weighted by Gasteiger charge is 2.16. The molecule has 0 aliphatic heterocycles. The van der Waals surface area contributed by atoms with Crippen LogP contribution in [0.25, 0.3) is 0 Å². The summed E-state index contributed by atoms with van der Waals surface area (Å²) in [7, 11) is 1.61. The average molecular weight is 301 g/mol. The van der Waals surface area contributed by atoms with Crippen LogP contribution in [0.2, 0.25) is 0 Å². The smallest absolute Gasteiger partial charge is 0.339 e. The summed E-state index contributed by atoms with van der Waals surface area (Å²) in [6.07, 6.45) is 0. The van der Waals surface area contributed by atoms with Crippen LogP contribution >= 0.6 is 0 Å². The first kappa shape index (κ1) is 17.2. The van der Waals surface area contributed by atoms with E-state index in [4.69, 9.17) is 5.11 Å². The molecular formula is C17H19NO4. The molecule has 2 N–H and O–H groups in total. The molecule has 0 atom stereocenters. The molecule has 0 radical (unpaired) electrons. The number of aromatic carboxylic acids is 1. The molecule has 5 nitrogen and oxygen atoms in total. The topological polar surface area (TPSA) is 77.8 Å². The van der Waals surface area contributed by atoms with Gasteiger partial charge in [-0.05, 0) is 30.3 Å². The summed E-state index contributed by atoms with van der Waals surface area (Å²) in [5.74, 6) is -1.99. The van der Waals surface area contributed by atoms with Crippen LogP contribution in [0.4, 0.5) is 5.69 Å². The van der Waals surface area contributed by atoms with Crippen molar-refractivity contribution in [1.29, 1.82) is 0 Å². The number of carbonyl (C=O) groups excluding carboxylic acids is 1. The van der Waals surface area contributed by atoms with Crippen molar-refractivity contribution in [3.8, 4) is 5.75 Å². The molecule has 0 spiro atoms. The third-order valence-electron chi connectivity index (χ3n) is 2.92. The number of carbonyl (C=O) groups is 2. The predicted molar refractivity (Wildman–Crippen MR) is 85.6 cm³/mol. The number of carboxylic acid groups (broad SMARTS) is 1. The molecule has 0 saturated carbocycles. The highest BCUT2D eigenvalue weighted by Crippen LogP contribution is 2.21. The molecule has 1 amide bonds. The van der Waals surface area contributed by atoms with Crippen LogP contribution in [0, 0.1) is 0 Å². The van der Waals surface area contributed by atoms with E-state index < -0.39 is 11.7 Å². The molecule has 0 fully saturated rings. The maximum atomic E-state index is 12.2. The molecule has 22 heavy (non-hydrogen) atoms. The van der Waals surface area contributed by atoms with E-state index in [1.165, 1.54) is 17.0 Å². The summed E-state index contributed by atoms with van der Waals surface area (Å²) < 4.78 is 0. The fourth-order valence-corrected chi connectivity index (χ4v) is 1.81. The van der Waals surface area contributed by atoms with Gasteiger partial charge >= 0.3 is 5.97 Å².